The van der Waals surface area contributed by atoms with Gasteiger partial charge in [0.05, 0.1) is 30.2 Å². The first-order valence-corrected chi connectivity index (χ1v) is 18.5. The number of hydrogen-bond acceptors (Lipinski definition) is 8. The molecule has 1 aromatic heterocycles. The number of aromatic nitrogens is 2. The number of aryl methyl sites for hydroxylation is 1. The van der Waals surface area contributed by atoms with Gasteiger partial charge in [-0.15, -0.1) is 0 Å². The molecular formula is C41H45N5O5S. The number of aliphatic hydroxyl groups excluding tert-OH is 1. The topological polar surface area (TPSA) is 141 Å². The van der Waals surface area contributed by atoms with E-state index in [4.69, 9.17) is 15.2 Å². The molecule has 0 spiro atoms. The summed E-state index contributed by atoms with van der Waals surface area (Å²) in [6.45, 7) is 0.391. The Kier molecular flexibility index (Phi) is 12.8. The van der Waals surface area contributed by atoms with Crippen molar-refractivity contribution in [3.05, 3.63) is 132 Å². The number of benzene rings is 4. The smallest absolute Gasteiger partial charge is 0.224 e. The number of para-hydroxylation sites is 2. The van der Waals surface area contributed by atoms with Gasteiger partial charge in [-0.05, 0) is 52.8 Å². The van der Waals surface area contributed by atoms with Crippen molar-refractivity contribution in [1.82, 2.24) is 14.9 Å². The Morgan fingerprint density at radius 1 is 0.904 bits per heavy atom. The van der Waals surface area contributed by atoms with Crippen molar-refractivity contribution in [1.29, 1.82) is 0 Å². The molecule has 1 saturated heterocycles. The van der Waals surface area contributed by atoms with E-state index in [2.05, 4.69) is 33.8 Å². The second-order valence-electron chi connectivity index (χ2n) is 12.9. The van der Waals surface area contributed by atoms with Crippen LogP contribution in [-0.4, -0.2) is 38.3 Å². The van der Waals surface area contributed by atoms with E-state index in [9.17, 15) is 14.7 Å². The van der Waals surface area contributed by atoms with Crippen molar-refractivity contribution in [3.63, 3.8) is 0 Å². The maximum absolute atomic E-state index is 12.7. The average Bonchev–Trinajstić information content (AvgIpc) is 3.60. The van der Waals surface area contributed by atoms with Gasteiger partial charge < -0.3 is 35.5 Å². The lowest BCUT2D eigenvalue weighted by Crippen LogP contribution is -2.31. The van der Waals surface area contributed by atoms with Crippen molar-refractivity contribution < 1.29 is 24.2 Å². The first-order valence-electron chi connectivity index (χ1n) is 17.6. The van der Waals surface area contributed by atoms with Gasteiger partial charge in [0.15, 0.2) is 11.4 Å². The Bertz CT molecular complexity index is 1930. The Morgan fingerprint density at radius 2 is 1.62 bits per heavy atom. The molecular weight excluding hydrogens is 675 g/mol. The van der Waals surface area contributed by atoms with Gasteiger partial charge >= 0.3 is 0 Å². The second-order valence-corrected chi connectivity index (χ2v) is 13.9. The van der Waals surface area contributed by atoms with Crippen LogP contribution in [0.2, 0.25) is 0 Å². The molecule has 3 atom stereocenters. The van der Waals surface area contributed by atoms with Crippen LogP contribution in [0, 0.1) is 0 Å². The molecule has 2 amide bonds. The number of anilines is 2. The molecule has 5 N–H and O–H groups in total. The fourth-order valence-corrected chi connectivity index (χ4v) is 7.08. The number of amides is 2. The van der Waals surface area contributed by atoms with Crippen molar-refractivity contribution in [2.24, 2.45) is 7.05 Å². The standard InChI is InChI=1S/C41H45N5O5S/c1-46-23-22-43-41(46)52-27-33-24-37(30-16-14-28(26-47)15-17-30)51-40(50-33)31-20-18-29(19-21-31)34-9-3-2-8-32(34)25-44-38(48)12-6-7-13-39(49)45-36-11-5-4-10-35(36)42/h2-5,8-11,14-23,33,37,40,47H,6-7,12-13,24-27,42H2,1H3,(H,44,48)(H,45,49)/t33-,37+,40+/m1/s1. The van der Waals surface area contributed by atoms with Gasteiger partial charge in [0.1, 0.15) is 0 Å². The number of carbonyl (C=O) groups is 2. The van der Waals surface area contributed by atoms with Crippen LogP contribution in [0.3, 0.4) is 0 Å². The molecule has 1 aliphatic heterocycles. The molecule has 0 radical (unpaired) electrons. The Morgan fingerprint density at radius 3 is 2.35 bits per heavy atom. The van der Waals surface area contributed by atoms with Crippen LogP contribution in [0.15, 0.2) is 115 Å². The second kappa shape index (κ2) is 18.0. The van der Waals surface area contributed by atoms with Gasteiger partial charge in [0.2, 0.25) is 11.8 Å². The molecule has 0 unspecified atom stereocenters. The number of nitrogens with zero attached hydrogens (tertiary/aromatic N) is 2. The van der Waals surface area contributed by atoms with Gasteiger partial charge in [-0.1, -0.05) is 96.7 Å². The lowest BCUT2D eigenvalue weighted by Gasteiger charge is -2.36. The third kappa shape index (κ3) is 9.89. The molecule has 0 bridgehead atoms. The average molecular weight is 720 g/mol. The summed E-state index contributed by atoms with van der Waals surface area (Å²) in [4.78, 5) is 29.5. The normalized spacial score (nSPS) is 17.1. The van der Waals surface area contributed by atoms with E-state index in [1.54, 1.807) is 30.1 Å². The molecule has 52 heavy (non-hydrogen) atoms. The summed E-state index contributed by atoms with van der Waals surface area (Å²) >= 11 is 1.66. The molecule has 270 valence electrons. The van der Waals surface area contributed by atoms with Crippen molar-refractivity contribution >= 4 is 35.0 Å². The van der Waals surface area contributed by atoms with Crippen molar-refractivity contribution in [2.45, 2.75) is 68.9 Å². The summed E-state index contributed by atoms with van der Waals surface area (Å²) in [5.41, 5.74) is 12.9. The maximum Gasteiger partial charge on any atom is 0.224 e. The fourth-order valence-electron chi connectivity index (χ4n) is 6.13. The third-order valence-corrected chi connectivity index (χ3v) is 10.3. The molecule has 1 aliphatic rings. The number of nitrogens with two attached hydrogens (primary N) is 1. The maximum atomic E-state index is 12.7. The Balaban J connectivity index is 1.05. The molecule has 6 rings (SSSR count). The van der Waals surface area contributed by atoms with Crippen LogP contribution in [0.5, 0.6) is 0 Å². The highest BCUT2D eigenvalue weighted by molar-refractivity contribution is 7.99. The lowest BCUT2D eigenvalue weighted by atomic mass is 9.97. The number of imidazole rings is 1. The van der Waals surface area contributed by atoms with Crippen LogP contribution < -0.4 is 16.4 Å². The predicted octanol–water partition coefficient (Wildman–Crippen LogP) is 7.31. The van der Waals surface area contributed by atoms with Crippen molar-refractivity contribution in [3.8, 4) is 11.1 Å². The summed E-state index contributed by atoms with van der Waals surface area (Å²) in [7, 11) is 1.98. The van der Waals surface area contributed by atoms with Crippen LogP contribution in [0.4, 0.5) is 11.4 Å². The first-order chi connectivity index (χ1) is 25.4. The number of unbranched alkanes of at least 4 members (excludes halogenated alkanes) is 1. The highest BCUT2D eigenvalue weighted by Crippen LogP contribution is 2.40. The van der Waals surface area contributed by atoms with E-state index in [0.717, 1.165) is 44.3 Å². The summed E-state index contributed by atoms with van der Waals surface area (Å²) < 4.78 is 15.1. The minimum Gasteiger partial charge on any atom is -0.397 e. The summed E-state index contributed by atoms with van der Waals surface area (Å²) in [6.07, 6.45) is 5.49. The summed E-state index contributed by atoms with van der Waals surface area (Å²) in [6, 6.07) is 31.3. The van der Waals surface area contributed by atoms with E-state index in [1.807, 2.05) is 84.5 Å². The highest BCUT2D eigenvalue weighted by Gasteiger charge is 2.32. The number of ether oxygens (including phenoxy) is 2. The monoisotopic (exact) mass is 719 g/mol. The molecule has 10 nitrogen and oxygen atoms in total. The molecule has 11 heteroatoms. The van der Waals surface area contributed by atoms with Gasteiger partial charge in [-0.2, -0.15) is 0 Å². The number of rotatable bonds is 15. The van der Waals surface area contributed by atoms with E-state index < -0.39 is 6.29 Å². The van der Waals surface area contributed by atoms with E-state index in [1.165, 1.54) is 0 Å². The summed E-state index contributed by atoms with van der Waals surface area (Å²) in [5, 5.41) is 16.3. The predicted molar refractivity (Wildman–Crippen MR) is 204 cm³/mol. The van der Waals surface area contributed by atoms with Crippen molar-refractivity contribution in [2.75, 3.05) is 16.8 Å². The molecule has 5 aromatic rings. The van der Waals surface area contributed by atoms with Gasteiger partial charge in [0, 0.05) is 56.6 Å². The number of carbonyl (C=O) groups excluding carboxylic acids is 2. The molecule has 1 fully saturated rings. The SMILES string of the molecule is Cn1ccnc1SC[C@H]1C[C@@H](c2ccc(CO)cc2)O[C@@H](c2ccc(-c3ccccc3CNC(=O)CCCCC(=O)Nc3ccccc3N)cc2)O1. The van der Waals surface area contributed by atoms with E-state index in [0.29, 0.717) is 50.0 Å². The molecule has 2 heterocycles. The number of aliphatic hydroxyl groups is 1. The molecule has 0 aliphatic carbocycles. The number of nitrogens with one attached hydrogen (secondary N) is 2. The third-order valence-electron chi connectivity index (χ3n) is 9.07. The zero-order chi connectivity index (χ0) is 36.3. The lowest BCUT2D eigenvalue weighted by molar-refractivity contribution is -0.245. The molecule has 4 aromatic carbocycles. The van der Waals surface area contributed by atoms with Crippen LogP contribution in [0.25, 0.3) is 11.1 Å². The minimum absolute atomic E-state index is 0.00366. The van der Waals surface area contributed by atoms with Gasteiger partial charge in [-0.3, -0.25) is 9.59 Å². The van der Waals surface area contributed by atoms with Crippen LogP contribution in [-0.2, 0) is 39.3 Å². The fraction of sp³-hybridized carbons (Fsp3) is 0.293. The van der Waals surface area contributed by atoms with E-state index in [-0.39, 0.29) is 30.6 Å². The largest absolute Gasteiger partial charge is 0.397 e. The molecule has 0 saturated carbocycles. The minimum atomic E-state index is -0.561. The summed E-state index contributed by atoms with van der Waals surface area (Å²) in [5.74, 6) is 0.555. The Hall–Kier alpha value is -4.94. The zero-order valence-corrected chi connectivity index (χ0v) is 30.1. The zero-order valence-electron chi connectivity index (χ0n) is 29.2. The quantitative estimate of drug-likeness (QED) is 0.0502. The van der Waals surface area contributed by atoms with Gasteiger partial charge in [0.25, 0.3) is 0 Å². The number of thioether (sulfide) groups is 1. The van der Waals surface area contributed by atoms with Crippen LogP contribution >= 0.6 is 11.8 Å². The van der Waals surface area contributed by atoms with Gasteiger partial charge in [-0.25, -0.2) is 4.98 Å². The number of hydrogen-bond donors (Lipinski definition) is 4. The Labute approximate surface area is 308 Å². The van der Waals surface area contributed by atoms with E-state index >= 15 is 0 Å². The highest BCUT2D eigenvalue weighted by atomic mass is 32.2. The number of nitrogen functional groups attached to an aromatic ring is 1. The first kappa shape index (κ1) is 36.8. The van der Waals surface area contributed by atoms with Crippen LogP contribution in [0.1, 0.15) is 66.8 Å².